The predicted octanol–water partition coefficient (Wildman–Crippen LogP) is 4.36. The van der Waals surface area contributed by atoms with Crippen molar-refractivity contribution in [3.8, 4) is 0 Å². The smallest absolute Gasteiger partial charge is 0.416 e. The molecule has 3 rings (SSSR count). The standard InChI is InChI=1S/C21H30F3N3O2/c1-20(2,3)29-19(28)27-13-11-25(12-14-27)15-16-17(21(22,23)24)7-6-8-18(16)26-9-4-5-10-26/h6-8H,4-5,9-15H2,1-3H3. The van der Waals surface area contributed by atoms with E-state index in [0.29, 0.717) is 37.4 Å². The molecule has 5 nitrogen and oxygen atoms in total. The van der Waals surface area contributed by atoms with Gasteiger partial charge in [-0.2, -0.15) is 13.2 Å². The van der Waals surface area contributed by atoms with Crippen molar-refractivity contribution in [3.05, 3.63) is 29.3 Å². The molecule has 0 N–H and O–H groups in total. The first kappa shape index (κ1) is 21.7. The second-order valence-corrected chi connectivity index (χ2v) is 8.74. The van der Waals surface area contributed by atoms with Crippen LogP contribution in [0.4, 0.5) is 23.7 Å². The Balaban J connectivity index is 1.72. The molecule has 0 atom stereocenters. The van der Waals surface area contributed by atoms with Gasteiger partial charge in [-0.05, 0) is 45.7 Å². The summed E-state index contributed by atoms with van der Waals surface area (Å²) in [6, 6.07) is 4.47. The number of hydrogen-bond donors (Lipinski definition) is 0. The lowest BCUT2D eigenvalue weighted by molar-refractivity contribution is -0.138. The van der Waals surface area contributed by atoms with Gasteiger partial charge in [0.15, 0.2) is 0 Å². The number of hydrogen-bond acceptors (Lipinski definition) is 4. The molecule has 1 aromatic carbocycles. The van der Waals surface area contributed by atoms with E-state index in [9.17, 15) is 18.0 Å². The number of piperazine rings is 1. The van der Waals surface area contributed by atoms with Gasteiger partial charge in [-0.1, -0.05) is 6.07 Å². The van der Waals surface area contributed by atoms with E-state index < -0.39 is 17.3 Å². The second kappa shape index (κ2) is 8.42. The minimum atomic E-state index is -4.39. The van der Waals surface area contributed by atoms with Crippen molar-refractivity contribution in [2.45, 2.75) is 51.9 Å². The molecule has 2 saturated heterocycles. The number of nitrogens with zero attached hydrogens (tertiary/aromatic N) is 3. The highest BCUT2D eigenvalue weighted by Gasteiger charge is 2.36. The molecule has 0 bridgehead atoms. The monoisotopic (exact) mass is 413 g/mol. The number of carbonyl (C=O) groups is 1. The topological polar surface area (TPSA) is 36.0 Å². The van der Waals surface area contributed by atoms with E-state index in [0.717, 1.165) is 25.9 Å². The van der Waals surface area contributed by atoms with Crippen LogP contribution in [-0.4, -0.2) is 60.8 Å². The number of rotatable bonds is 3. The number of carbonyl (C=O) groups excluding carboxylic acids is 1. The average molecular weight is 413 g/mol. The normalized spacial score (nSPS) is 19.0. The SMILES string of the molecule is CC(C)(C)OC(=O)N1CCN(Cc2c(N3CCCC3)cccc2C(F)(F)F)CC1. The minimum Gasteiger partial charge on any atom is -0.444 e. The molecule has 1 aromatic rings. The molecule has 0 aromatic heterocycles. The molecule has 162 valence electrons. The molecule has 0 aliphatic carbocycles. The van der Waals surface area contributed by atoms with E-state index in [-0.39, 0.29) is 12.6 Å². The third-order valence-electron chi connectivity index (χ3n) is 5.31. The minimum absolute atomic E-state index is 0.226. The molecule has 2 heterocycles. The first-order valence-corrected chi connectivity index (χ1v) is 10.2. The number of benzene rings is 1. The summed E-state index contributed by atoms with van der Waals surface area (Å²) in [4.78, 5) is 17.9. The summed E-state index contributed by atoms with van der Waals surface area (Å²) in [7, 11) is 0. The summed E-state index contributed by atoms with van der Waals surface area (Å²) in [5.74, 6) is 0. The molecule has 2 aliphatic rings. The summed E-state index contributed by atoms with van der Waals surface area (Å²) in [6.45, 7) is 9.19. The second-order valence-electron chi connectivity index (χ2n) is 8.74. The van der Waals surface area contributed by atoms with Gasteiger partial charge >= 0.3 is 12.3 Å². The van der Waals surface area contributed by atoms with Gasteiger partial charge in [0.05, 0.1) is 5.56 Å². The molecule has 2 fully saturated rings. The van der Waals surface area contributed by atoms with E-state index in [1.165, 1.54) is 12.1 Å². The predicted molar refractivity (Wildman–Crippen MR) is 106 cm³/mol. The lowest BCUT2D eigenvalue weighted by Crippen LogP contribution is -2.49. The number of halogens is 3. The number of ether oxygens (including phenoxy) is 1. The lowest BCUT2D eigenvalue weighted by Gasteiger charge is -2.36. The van der Waals surface area contributed by atoms with E-state index in [4.69, 9.17) is 4.74 Å². The molecule has 0 saturated carbocycles. The molecule has 1 amide bonds. The molecule has 8 heteroatoms. The highest BCUT2D eigenvalue weighted by atomic mass is 19.4. The van der Waals surface area contributed by atoms with Crippen molar-refractivity contribution in [1.29, 1.82) is 0 Å². The summed E-state index contributed by atoms with van der Waals surface area (Å²) < 4.78 is 46.5. The van der Waals surface area contributed by atoms with Crippen LogP contribution in [0, 0.1) is 0 Å². The van der Waals surface area contributed by atoms with Crippen LogP contribution in [-0.2, 0) is 17.5 Å². The summed E-state index contributed by atoms with van der Waals surface area (Å²) in [5.41, 5.74) is -0.0965. The van der Waals surface area contributed by atoms with Crippen molar-refractivity contribution in [2.75, 3.05) is 44.2 Å². The van der Waals surface area contributed by atoms with Crippen molar-refractivity contribution in [2.24, 2.45) is 0 Å². The fourth-order valence-corrected chi connectivity index (χ4v) is 3.90. The highest BCUT2D eigenvalue weighted by Crippen LogP contribution is 2.38. The van der Waals surface area contributed by atoms with Crippen molar-refractivity contribution in [3.63, 3.8) is 0 Å². The zero-order valence-electron chi connectivity index (χ0n) is 17.4. The van der Waals surface area contributed by atoms with Crippen molar-refractivity contribution >= 4 is 11.8 Å². The largest absolute Gasteiger partial charge is 0.444 e. The Morgan fingerprint density at radius 3 is 2.17 bits per heavy atom. The lowest BCUT2D eigenvalue weighted by atomic mass is 10.0. The fourth-order valence-electron chi connectivity index (χ4n) is 3.90. The first-order valence-electron chi connectivity index (χ1n) is 10.2. The molecule has 0 radical (unpaired) electrons. The van der Waals surface area contributed by atoms with Gasteiger partial charge in [-0.3, -0.25) is 4.90 Å². The van der Waals surface area contributed by atoms with Crippen molar-refractivity contribution in [1.82, 2.24) is 9.80 Å². The van der Waals surface area contributed by atoms with E-state index in [1.54, 1.807) is 11.0 Å². The number of anilines is 1. The Morgan fingerprint density at radius 1 is 1.00 bits per heavy atom. The number of amides is 1. The highest BCUT2D eigenvalue weighted by molar-refractivity contribution is 5.68. The van der Waals surface area contributed by atoms with Gasteiger partial charge in [0.1, 0.15) is 5.60 Å². The third kappa shape index (κ3) is 5.56. The van der Waals surface area contributed by atoms with Gasteiger partial charge in [0.25, 0.3) is 0 Å². The quantitative estimate of drug-likeness (QED) is 0.738. The van der Waals surface area contributed by atoms with Gasteiger partial charge in [0.2, 0.25) is 0 Å². The maximum Gasteiger partial charge on any atom is 0.416 e. The van der Waals surface area contributed by atoms with E-state index in [2.05, 4.69) is 4.90 Å². The molecular formula is C21H30F3N3O2. The Morgan fingerprint density at radius 2 is 1.62 bits per heavy atom. The first-order chi connectivity index (χ1) is 13.5. The van der Waals surface area contributed by atoms with Gasteiger partial charge in [-0.15, -0.1) is 0 Å². The number of alkyl halides is 3. The van der Waals surface area contributed by atoms with Crippen LogP contribution in [0.3, 0.4) is 0 Å². The van der Waals surface area contributed by atoms with Crippen LogP contribution in [0.25, 0.3) is 0 Å². The zero-order chi connectivity index (χ0) is 21.2. The Hall–Kier alpha value is -1.96. The molecule has 2 aliphatic heterocycles. The summed E-state index contributed by atoms with van der Waals surface area (Å²) in [6.07, 6.45) is -2.75. The zero-order valence-corrected chi connectivity index (χ0v) is 17.4. The van der Waals surface area contributed by atoms with Gasteiger partial charge in [0, 0.05) is 57.1 Å². The van der Waals surface area contributed by atoms with Crippen LogP contribution < -0.4 is 4.90 Å². The Bertz CT molecular complexity index is 717. The van der Waals surface area contributed by atoms with Gasteiger partial charge < -0.3 is 14.5 Å². The van der Waals surface area contributed by atoms with Crippen LogP contribution in [0.15, 0.2) is 18.2 Å². The maximum atomic E-state index is 13.7. The Kier molecular flexibility index (Phi) is 6.31. The fraction of sp³-hybridized carbons (Fsp3) is 0.667. The Labute approximate surface area is 170 Å². The van der Waals surface area contributed by atoms with Gasteiger partial charge in [-0.25, -0.2) is 4.79 Å². The summed E-state index contributed by atoms with van der Waals surface area (Å²) >= 11 is 0. The maximum absolute atomic E-state index is 13.7. The third-order valence-corrected chi connectivity index (χ3v) is 5.31. The van der Waals surface area contributed by atoms with Crippen LogP contribution >= 0.6 is 0 Å². The average Bonchev–Trinajstić information content (AvgIpc) is 3.14. The van der Waals surface area contributed by atoms with E-state index >= 15 is 0 Å². The molecule has 0 unspecified atom stereocenters. The van der Waals surface area contributed by atoms with Crippen LogP contribution in [0.1, 0.15) is 44.7 Å². The summed E-state index contributed by atoms with van der Waals surface area (Å²) in [5, 5.41) is 0. The van der Waals surface area contributed by atoms with E-state index in [1.807, 2.05) is 25.7 Å². The van der Waals surface area contributed by atoms with Crippen LogP contribution in [0.5, 0.6) is 0 Å². The molecule has 0 spiro atoms. The van der Waals surface area contributed by atoms with Crippen LogP contribution in [0.2, 0.25) is 0 Å². The molecular weight excluding hydrogens is 383 g/mol. The van der Waals surface area contributed by atoms with Crippen molar-refractivity contribution < 1.29 is 22.7 Å². The molecule has 29 heavy (non-hydrogen) atoms.